The van der Waals surface area contributed by atoms with Crippen LogP contribution in [0.2, 0.25) is 0 Å². The number of benzene rings is 1. The van der Waals surface area contributed by atoms with Crippen molar-refractivity contribution >= 4 is 11.8 Å². The topological polar surface area (TPSA) is 97.6 Å². The van der Waals surface area contributed by atoms with E-state index in [0.717, 1.165) is 24.0 Å². The standard InChI is InChI=1S/C19H20N4O4/c1-10(24)23-7-6-15(23)18(25)20-14-9-26-16-8-12(4-5-13(14)16)17-21-19(27-22-17)11-2-3-11/h4-5,8,11,14-15H,2-3,6-7,9H2,1H3,(H,20,25)/t14-,15-/m1/s1. The van der Waals surface area contributed by atoms with Gasteiger partial charge >= 0.3 is 0 Å². The number of rotatable bonds is 4. The first kappa shape index (κ1) is 16.3. The van der Waals surface area contributed by atoms with Crippen LogP contribution < -0.4 is 10.1 Å². The zero-order valence-corrected chi connectivity index (χ0v) is 15.0. The molecule has 8 heteroatoms. The fraction of sp³-hybridized carbons (Fsp3) is 0.474. The molecular formula is C19H20N4O4. The van der Waals surface area contributed by atoms with Crippen molar-refractivity contribution < 1.29 is 18.8 Å². The van der Waals surface area contributed by atoms with E-state index in [2.05, 4.69) is 15.5 Å². The molecule has 1 aliphatic carbocycles. The summed E-state index contributed by atoms with van der Waals surface area (Å²) < 4.78 is 11.1. The number of amides is 2. The van der Waals surface area contributed by atoms with Crippen molar-refractivity contribution in [1.29, 1.82) is 0 Å². The maximum absolute atomic E-state index is 12.5. The number of ether oxygens (including phenoxy) is 1. The van der Waals surface area contributed by atoms with E-state index in [1.807, 2.05) is 18.2 Å². The van der Waals surface area contributed by atoms with Crippen molar-refractivity contribution in [3.05, 3.63) is 29.7 Å². The summed E-state index contributed by atoms with van der Waals surface area (Å²) in [6.07, 6.45) is 2.92. The van der Waals surface area contributed by atoms with Gasteiger partial charge in [-0.15, -0.1) is 0 Å². The van der Waals surface area contributed by atoms with E-state index < -0.39 is 0 Å². The van der Waals surface area contributed by atoms with Gasteiger partial charge in [0.25, 0.3) is 0 Å². The number of carbonyl (C=O) groups excluding carboxylic acids is 2. The fourth-order valence-electron chi connectivity index (χ4n) is 3.62. The first-order valence-electron chi connectivity index (χ1n) is 9.28. The highest BCUT2D eigenvalue weighted by atomic mass is 16.5. The minimum absolute atomic E-state index is 0.0696. The van der Waals surface area contributed by atoms with Crippen molar-refractivity contribution in [3.8, 4) is 17.1 Å². The van der Waals surface area contributed by atoms with Crippen LogP contribution in [0.1, 0.15) is 49.6 Å². The lowest BCUT2D eigenvalue weighted by Gasteiger charge is -2.39. The number of nitrogens with one attached hydrogen (secondary N) is 1. The normalized spacial score (nSPS) is 23.4. The molecule has 1 saturated heterocycles. The van der Waals surface area contributed by atoms with Crippen LogP contribution in [0.3, 0.4) is 0 Å². The SMILES string of the molecule is CC(=O)N1CC[C@@H]1C(=O)N[C@@H]1COc2cc(-c3noc(C4CC4)n3)ccc21. The third-order valence-electron chi connectivity index (χ3n) is 5.46. The smallest absolute Gasteiger partial charge is 0.243 e. The molecule has 2 fully saturated rings. The predicted octanol–water partition coefficient (Wildman–Crippen LogP) is 1.78. The largest absolute Gasteiger partial charge is 0.491 e. The molecule has 27 heavy (non-hydrogen) atoms. The molecule has 2 atom stereocenters. The number of aromatic nitrogens is 2. The Balaban J connectivity index is 1.30. The Morgan fingerprint density at radius 1 is 1.26 bits per heavy atom. The van der Waals surface area contributed by atoms with E-state index in [1.54, 1.807) is 4.90 Å². The van der Waals surface area contributed by atoms with Crippen LogP contribution in [-0.2, 0) is 9.59 Å². The number of hydrogen-bond donors (Lipinski definition) is 1. The Bertz CT molecular complexity index is 920. The Morgan fingerprint density at radius 2 is 2.11 bits per heavy atom. The average Bonchev–Trinajstić information content (AvgIpc) is 3.20. The summed E-state index contributed by atoms with van der Waals surface area (Å²) in [6, 6.07) is 5.14. The quantitative estimate of drug-likeness (QED) is 0.884. The summed E-state index contributed by atoms with van der Waals surface area (Å²) >= 11 is 0. The van der Waals surface area contributed by atoms with E-state index >= 15 is 0 Å². The van der Waals surface area contributed by atoms with Crippen molar-refractivity contribution in [2.75, 3.05) is 13.2 Å². The van der Waals surface area contributed by atoms with Gasteiger partial charge in [0.1, 0.15) is 18.4 Å². The molecule has 0 radical (unpaired) electrons. The molecule has 1 saturated carbocycles. The lowest BCUT2D eigenvalue weighted by atomic mass is 10.0. The summed E-state index contributed by atoms with van der Waals surface area (Å²) in [7, 11) is 0. The van der Waals surface area contributed by atoms with Crippen LogP contribution in [-0.4, -0.2) is 46.0 Å². The predicted molar refractivity (Wildman–Crippen MR) is 93.9 cm³/mol. The van der Waals surface area contributed by atoms with Gasteiger partial charge in [0.05, 0.1) is 6.04 Å². The average molecular weight is 368 g/mol. The van der Waals surface area contributed by atoms with Crippen LogP contribution in [0.25, 0.3) is 11.4 Å². The van der Waals surface area contributed by atoms with Gasteiger partial charge in [-0.05, 0) is 25.3 Å². The van der Waals surface area contributed by atoms with Gasteiger partial charge in [-0.25, -0.2) is 0 Å². The highest BCUT2D eigenvalue weighted by molar-refractivity contribution is 5.88. The number of carbonyl (C=O) groups is 2. The van der Waals surface area contributed by atoms with Crippen molar-refractivity contribution in [2.24, 2.45) is 0 Å². The number of nitrogens with zero attached hydrogens (tertiary/aromatic N) is 3. The second-order valence-electron chi connectivity index (χ2n) is 7.37. The second kappa shape index (κ2) is 6.07. The number of likely N-dealkylation sites (tertiary alicyclic amines) is 1. The summed E-state index contributed by atoms with van der Waals surface area (Å²) in [5.41, 5.74) is 1.75. The number of hydrogen-bond acceptors (Lipinski definition) is 6. The van der Waals surface area contributed by atoms with Crippen LogP contribution in [0.5, 0.6) is 5.75 Å². The number of fused-ring (bicyclic) bond motifs is 1. The maximum atomic E-state index is 12.5. The molecule has 0 spiro atoms. The lowest BCUT2D eigenvalue weighted by molar-refractivity contribution is -0.146. The molecular weight excluding hydrogens is 348 g/mol. The summed E-state index contributed by atoms with van der Waals surface area (Å²) in [4.78, 5) is 30.0. The van der Waals surface area contributed by atoms with Crippen LogP contribution in [0.15, 0.2) is 22.7 Å². The zero-order valence-electron chi connectivity index (χ0n) is 15.0. The monoisotopic (exact) mass is 368 g/mol. The molecule has 2 aromatic rings. The molecule has 3 aliphatic rings. The molecule has 5 rings (SSSR count). The van der Waals surface area contributed by atoms with Crippen molar-refractivity contribution in [2.45, 2.75) is 44.2 Å². The van der Waals surface area contributed by atoms with Gasteiger partial charge in [-0.2, -0.15) is 4.98 Å². The van der Waals surface area contributed by atoms with E-state index in [0.29, 0.717) is 43.0 Å². The van der Waals surface area contributed by atoms with Crippen molar-refractivity contribution in [3.63, 3.8) is 0 Å². The van der Waals surface area contributed by atoms with Gasteiger partial charge in [0.15, 0.2) is 0 Å². The molecule has 3 heterocycles. The molecule has 0 unspecified atom stereocenters. The molecule has 1 aromatic heterocycles. The highest BCUT2D eigenvalue weighted by Gasteiger charge is 2.38. The van der Waals surface area contributed by atoms with E-state index in [9.17, 15) is 9.59 Å². The van der Waals surface area contributed by atoms with Crippen LogP contribution in [0.4, 0.5) is 0 Å². The molecule has 0 bridgehead atoms. The second-order valence-corrected chi connectivity index (χ2v) is 7.37. The Kier molecular flexibility index (Phi) is 3.66. The molecule has 140 valence electrons. The Hall–Kier alpha value is -2.90. The first-order valence-corrected chi connectivity index (χ1v) is 9.28. The van der Waals surface area contributed by atoms with E-state index in [-0.39, 0.29) is 23.9 Å². The van der Waals surface area contributed by atoms with Crippen LogP contribution >= 0.6 is 0 Å². The molecule has 1 N–H and O–H groups in total. The molecule has 2 aliphatic heterocycles. The zero-order chi connectivity index (χ0) is 18.5. The Labute approximate surface area is 155 Å². The minimum Gasteiger partial charge on any atom is -0.491 e. The van der Waals surface area contributed by atoms with Gasteiger partial charge in [0.2, 0.25) is 23.5 Å². The first-order chi connectivity index (χ1) is 13.1. The Morgan fingerprint density at radius 3 is 2.81 bits per heavy atom. The highest BCUT2D eigenvalue weighted by Crippen LogP contribution is 2.40. The van der Waals surface area contributed by atoms with Crippen LogP contribution in [0, 0.1) is 0 Å². The van der Waals surface area contributed by atoms with Gasteiger partial charge in [-0.3, -0.25) is 9.59 Å². The lowest BCUT2D eigenvalue weighted by Crippen LogP contribution is -2.58. The summed E-state index contributed by atoms with van der Waals surface area (Å²) in [5, 5.41) is 7.06. The summed E-state index contributed by atoms with van der Waals surface area (Å²) in [6.45, 7) is 2.50. The van der Waals surface area contributed by atoms with E-state index in [4.69, 9.17) is 9.26 Å². The molecule has 8 nitrogen and oxygen atoms in total. The van der Waals surface area contributed by atoms with Gasteiger partial charge < -0.3 is 19.5 Å². The van der Waals surface area contributed by atoms with Gasteiger partial charge in [-0.1, -0.05) is 17.3 Å². The molecule has 1 aromatic carbocycles. The van der Waals surface area contributed by atoms with Gasteiger partial charge in [0, 0.05) is 30.5 Å². The maximum Gasteiger partial charge on any atom is 0.243 e. The van der Waals surface area contributed by atoms with E-state index in [1.165, 1.54) is 6.92 Å². The summed E-state index contributed by atoms with van der Waals surface area (Å²) in [5.74, 6) is 2.19. The third kappa shape index (κ3) is 2.85. The fourth-order valence-corrected chi connectivity index (χ4v) is 3.62. The third-order valence-corrected chi connectivity index (χ3v) is 5.46. The molecule has 2 amide bonds. The van der Waals surface area contributed by atoms with Crippen molar-refractivity contribution in [1.82, 2.24) is 20.4 Å². The minimum atomic E-state index is -0.369.